The monoisotopic (exact) mass is 589 g/mol. The zero-order valence-electron chi connectivity index (χ0n) is 16.0. The molecule has 0 N–H and O–H groups in total. The summed E-state index contributed by atoms with van der Waals surface area (Å²) in [6.07, 6.45) is 5.10. The van der Waals surface area contributed by atoms with Gasteiger partial charge < -0.3 is 14.5 Å². The van der Waals surface area contributed by atoms with Gasteiger partial charge in [0.15, 0.2) is 0 Å². The van der Waals surface area contributed by atoms with Crippen molar-refractivity contribution in [3.63, 3.8) is 0 Å². The molecule has 5 rings (SSSR count). The van der Waals surface area contributed by atoms with Crippen LogP contribution in [-0.4, -0.2) is 26.9 Å². The Morgan fingerprint density at radius 3 is 2.57 bits per heavy atom. The molecule has 0 aliphatic carbocycles. The fourth-order valence-corrected chi connectivity index (χ4v) is 4.12. The summed E-state index contributed by atoms with van der Waals surface area (Å²) in [5.41, 5.74) is 2.99. The van der Waals surface area contributed by atoms with E-state index in [1.165, 1.54) is 0 Å². The third kappa shape index (κ3) is 4.28. The van der Waals surface area contributed by atoms with Crippen LogP contribution in [0.5, 0.6) is 0 Å². The molecule has 30 heavy (non-hydrogen) atoms. The maximum absolute atomic E-state index is 4.90. The molecule has 0 bridgehead atoms. The zero-order chi connectivity index (χ0) is 19.5. The first kappa shape index (κ1) is 20.6. The number of rotatable bonds is 5. The van der Waals surface area contributed by atoms with Gasteiger partial charge in [-0.2, -0.15) is 17.8 Å². The van der Waals surface area contributed by atoms with E-state index in [0.717, 1.165) is 45.9 Å². The number of hydrogen-bond donors (Lipinski definition) is 0. The number of hydrogen-bond acceptors (Lipinski definition) is 4. The van der Waals surface area contributed by atoms with Crippen LogP contribution < -0.4 is 4.90 Å². The van der Waals surface area contributed by atoms with Crippen molar-refractivity contribution < 1.29 is 21.1 Å². The molecule has 1 aliphatic rings. The summed E-state index contributed by atoms with van der Waals surface area (Å²) in [7, 11) is 0. The van der Waals surface area contributed by atoms with Crippen LogP contribution >= 0.6 is 11.8 Å². The summed E-state index contributed by atoms with van der Waals surface area (Å²) in [4.78, 5) is 11.6. The maximum Gasteiger partial charge on any atom is 2.00 e. The Morgan fingerprint density at radius 2 is 1.80 bits per heavy atom. The van der Waals surface area contributed by atoms with Crippen molar-refractivity contribution in [2.75, 3.05) is 17.2 Å². The van der Waals surface area contributed by atoms with E-state index in [1.807, 2.05) is 59.3 Å². The van der Waals surface area contributed by atoms with Gasteiger partial charge in [-0.15, -0.1) is 42.1 Å². The Bertz CT molecular complexity index is 1140. The van der Waals surface area contributed by atoms with E-state index in [0.29, 0.717) is 0 Å². The number of benzene rings is 2. The van der Waals surface area contributed by atoms with E-state index in [-0.39, 0.29) is 21.1 Å². The Kier molecular flexibility index (Phi) is 6.51. The van der Waals surface area contributed by atoms with Crippen LogP contribution in [0.25, 0.3) is 5.82 Å². The molecule has 6 heteroatoms. The van der Waals surface area contributed by atoms with E-state index in [2.05, 4.69) is 52.5 Å². The first-order valence-corrected chi connectivity index (χ1v) is 10.4. The minimum absolute atomic E-state index is 0. The molecular weight excluding hydrogens is 571 g/mol. The molecule has 4 aromatic rings. The molecule has 0 saturated carbocycles. The van der Waals surface area contributed by atoms with E-state index in [1.54, 1.807) is 11.8 Å². The Hall–Kier alpha value is -2.62. The molecule has 0 amide bonds. The largest absolute Gasteiger partial charge is 2.00 e. The SMILES string of the molecule is [Pt+2].[c-]1c(C2=NCCS2)cccc1N(c1ccccc1)c1cccc(-n2[c-]ccc2)n1. The Morgan fingerprint density at radius 1 is 0.933 bits per heavy atom. The summed E-state index contributed by atoms with van der Waals surface area (Å²) in [5.74, 6) is 2.68. The molecule has 0 radical (unpaired) electrons. The molecule has 4 nitrogen and oxygen atoms in total. The molecule has 0 unspecified atom stereocenters. The van der Waals surface area contributed by atoms with Gasteiger partial charge in [-0.25, -0.2) is 0 Å². The van der Waals surface area contributed by atoms with Crippen LogP contribution in [-0.2, 0) is 21.1 Å². The number of aromatic nitrogens is 2. The van der Waals surface area contributed by atoms with Crippen LogP contribution in [0.4, 0.5) is 17.2 Å². The average Bonchev–Trinajstić information content (AvgIpc) is 3.50. The molecule has 0 spiro atoms. The van der Waals surface area contributed by atoms with Crippen LogP contribution in [0.15, 0.2) is 90.1 Å². The summed E-state index contributed by atoms with van der Waals surface area (Å²) in [5, 5.41) is 1.06. The average molecular weight is 590 g/mol. The van der Waals surface area contributed by atoms with Crippen molar-refractivity contribution in [1.29, 1.82) is 0 Å². The first-order valence-electron chi connectivity index (χ1n) is 9.46. The fraction of sp³-hybridized carbons (Fsp3) is 0.0833. The second-order valence-electron chi connectivity index (χ2n) is 6.52. The number of aliphatic imine (C=N–C) groups is 1. The normalized spacial score (nSPS) is 12.9. The fourth-order valence-electron chi connectivity index (χ4n) is 3.29. The predicted molar refractivity (Wildman–Crippen MR) is 120 cm³/mol. The van der Waals surface area contributed by atoms with Crippen LogP contribution in [0.3, 0.4) is 0 Å². The number of thioether (sulfide) groups is 1. The topological polar surface area (TPSA) is 33.4 Å². The van der Waals surface area contributed by atoms with Crippen LogP contribution in [0.2, 0.25) is 0 Å². The van der Waals surface area contributed by atoms with Gasteiger partial charge in [-0.1, -0.05) is 36.5 Å². The second-order valence-corrected chi connectivity index (χ2v) is 7.60. The van der Waals surface area contributed by atoms with Crippen molar-refractivity contribution in [2.24, 2.45) is 4.99 Å². The third-order valence-electron chi connectivity index (χ3n) is 4.59. The van der Waals surface area contributed by atoms with Crippen molar-refractivity contribution in [3.8, 4) is 5.82 Å². The molecular formula is C24H18N4PtS. The van der Waals surface area contributed by atoms with Crippen molar-refractivity contribution in [1.82, 2.24) is 9.55 Å². The maximum atomic E-state index is 4.90. The summed E-state index contributed by atoms with van der Waals surface area (Å²) >= 11 is 1.79. The molecule has 2 aromatic heterocycles. The van der Waals surface area contributed by atoms with E-state index in [4.69, 9.17) is 4.98 Å². The standard InChI is InChI=1S/C24H18N4S.Pt/c1-2-9-20(10-3-1)28(21-11-6-8-19(18-21)24-25-14-17-29-24)23-13-7-12-22(26-23)27-15-4-5-16-27;/h1-13,15H,14,17H2;/q-2;+2. The van der Waals surface area contributed by atoms with Crippen molar-refractivity contribution in [2.45, 2.75) is 0 Å². The minimum Gasteiger partial charge on any atom is -0.436 e. The van der Waals surface area contributed by atoms with E-state index < -0.39 is 0 Å². The second kappa shape index (κ2) is 9.46. The molecule has 0 saturated heterocycles. The van der Waals surface area contributed by atoms with Crippen LogP contribution in [0.1, 0.15) is 5.56 Å². The minimum atomic E-state index is 0. The van der Waals surface area contributed by atoms with Gasteiger partial charge in [0, 0.05) is 23.0 Å². The summed E-state index contributed by atoms with van der Waals surface area (Å²) in [6.45, 7) is 0.872. The van der Waals surface area contributed by atoms with Gasteiger partial charge in [0.1, 0.15) is 5.82 Å². The van der Waals surface area contributed by atoms with E-state index >= 15 is 0 Å². The van der Waals surface area contributed by atoms with Gasteiger partial charge >= 0.3 is 21.1 Å². The molecule has 0 fully saturated rings. The van der Waals surface area contributed by atoms with Gasteiger partial charge in [0.2, 0.25) is 0 Å². The number of anilines is 3. The number of nitrogens with zero attached hydrogens (tertiary/aromatic N) is 4. The summed E-state index contributed by atoms with van der Waals surface area (Å²) in [6, 6.07) is 29.8. The van der Waals surface area contributed by atoms with E-state index in [9.17, 15) is 0 Å². The van der Waals surface area contributed by atoms with Crippen molar-refractivity contribution >= 4 is 34.0 Å². The summed E-state index contributed by atoms with van der Waals surface area (Å²) < 4.78 is 1.89. The first-order chi connectivity index (χ1) is 14.4. The van der Waals surface area contributed by atoms with Gasteiger partial charge in [0.05, 0.1) is 5.82 Å². The zero-order valence-corrected chi connectivity index (χ0v) is 19.1. The molecule has 0 atom stereocenters. The smallest absolute Gasteiger partial charge is 0.436 e. The van der Waals surface area contributed by atoms with Crippen LogP contribution in [0, 0.1) is 12.3 Å². The Balaban J connectivity index is 0.00000218. The quantitative estimate of drug-likeness (QED) is 0.291. The van der Waals surface area contributed by atoms with Crippen molar-refractivity contribution in [3.05, 3.63) is 103 Å². The predicted octanol–water partition coefficient (Wildman–Crippen LogP) is 5.43. The number of pyridine rings is 1. The van der Waals surface area contributed by atoms with Gasteiger partial charge in [-0.3, -0.25) is 4.98 Å². The Labute approximate surface area is 194 Å². The third-order valence-corrected chi connectivity index (χ3v) is 5.60. The van der Waals surface area contributed by atoms with Gasteiger partial charge in [-0.05, 0) is 23.9 Å². The molecule has 150 valence electrons. The van der Waals surface area contributed by atoms with Gasteiger partial charge in [0.25, 0.3) is 0 Å². The molecule has 2 aromatic carbocycles. The molecule has 3 heterocycles. The molecule has 1 aliphatic heterocycles. The number of para-hydroxylation sites is 1.